The van der Waals surface area contributed by atoms with Gasteiger partial charge in [0.05, 0.1) is 0 Å². The topological polar surface area (TPSA) is 24.1 Å². The summed E-state index contributed by atoms with van der Waals surface area (Å²) in [6.45, 7) is 13.4. The molecule has 2 aliphatic heterocycles. The highest BCUT2D eigenvalue weighted by molar-refractivity contribution is 5.76. The van der Waals surface area contributed by atoms with Crippen LogP contribution in [0.1, 0.15) is 70.2 Å². The van der Waals surface area contributed by atoms with E-state index in [1.54, 1.807) is 0 Å². The van der Waals surface area contributed by atoms with Crippen molar-refractivity contribution >= 4 is 22.7 Å². The van der Waals surface area contributed by atoms with Gasteiger partial charge in [-0.3, -0.25) is 0 Å². The van der Waals surface area contributed by atoms with Gasteiger partial charge in [-0.2, -0.15) is 0 Å². The van der Waals surface area contributed by atoms with Crippen molar-refractivity contribution < 1.29 is 0 Å². The second-order valence-corrected chi connectivity index (χ2v) is 10.4. The van der Waals surface area contributed by atoms with E-state index < -0.39 is 0 Å². The molecule has 0 unspecified atom stereocenters. The Morgan fingerprint density at radius 1 is 0.429 bits per heavy atom. The lowest BCUT2D eigenvalue weighted by Crippen LogP contribution is -2.25. The van der Waals surface area contributed by atoms with E-state index >= 15 is 0 Å². The van der Waals surface area contributed by atoms with Crippen molar-refractivity contribution in [3.05, 3.63) is 119 Å². The fraction of sp³-hybridized carbons (Fsp3) is 0.273. The minimum absolute atomic E-state index is 0.0818. The van der Waals surface area contributed by atoms with E-state index in [9.17, 15) is 0 Å². The lowest BCUT2D eigenvalue weighted by molar-refractivity contribution is 0.638. The summed E-state index contributed by atoms with van der Waals surface area (Å²) < 4.78 is 0. The smallest absolute Gasteiger partial charge is 0.0425 e. The highest BCUT2D eigenvalue weighted by Gasteiger charge is 2.32. The van der Waals surface area contributed by atoms with Gasteiger partial charge in [-0.05, 0) is 46.5 Å². The first kappa shape index (κ1) is 24.6. The summed E-state index contributed by atoms with van der Waals surface area (Å²) in [4.78, 5) is 0. The fourth-order valence-corrected chi connectivity index (χ4v) is 5.13. The van der Waals surface area contributed by atoms with Gasteiger partial charge >= 0.3 is 0 Å². The van der Waals surface area contributed by atoms with E-state index in [1.807, 2.05) is 0 Å². The Labute approximate surface area is 211 Å². The molecule has 0 fully saturated rings. The Morgan fingerprint density at radius 2 is 0.629 bits per heavy atom. The van der Waals surface area contributed by atoms with Crippen molar-refractivity contribution in [2.75, 3.05) is 10.6 Å². The third-order valence-electron chi connectivity index (χ3n) is 6.94. The molecule has 4 aromatic rings. The van der Waals surface area contributed by atoms with E-state index in [2.05, 4.69) is 149 Å². The van der Waals surface area contributed by atoms with Crippen LogP contribution in [-0.4, -0.2) is 0 Å². The van der Waals surface area contributed by atoms with E-state index in [1.165, 1.54) is 51.4 Å². The molecular formula is C33H38N2. The van der Waals surface area contributed by atoms with E-state index in [4.69, 9.17) is 0 Å². The Balaban J connectivity index is 0.000000149. The van der Waals surface area contributed by atoms with Crippen LogP contribution in [0.5, 0.6) is 0 Å². The summed E-state index contributed by atoms with van der Waals surface area (Å²) in [5.41, 5.74) is 10.6. The van der Waals surface area contributed by atoms with Crippen molar-refractivity contribution in [3.63, 3.8) is 0 Å². The average Bonchev–Trinajstić information content (AvgIpc) is 2.85. The Bertz CT molecular complexity index is 1100. The van der Waals surface area contributed by atoms with Gasteiger partial charge in [0, 0.05) is 33.6 Å². The minimum Gasteiger partial charge on any atom is -0.355 e. The lowest BCUT2D eigenvalue weighted by Gasteiger charge is -2.35. The summed E-state index contributed by atoms with van der Waals surface area (Å²) in [5.74, 6) is 0. The third kappa shape index (κ3) is 4.71. The van der Waals surface area contributed by atoms with E-state index in [0.29, 0.717) is 0 Å². The normalized spacial score (nSPS) is 15.0. The van der Waals surface area contributed by atoms with Gasteiger partial charge in [0.2, 0.25) is 0 Å². The van der Waals surface area contributed by atoms with Crippen LogP contribution >= 0.6 is 0 Å². The molecule has 2 aliphatic rings. The van der Waals surface area contributed by atoms with Crippen LogP contribution in [0.3, 0.4) is 0 Å². The standard InChI is InChI=1S/2C15H15N.C3H8/c2*1-15(2)11-7-3-5-9-13(11)16-14-10-6-4-8-12(14)15;1-3-2/h2*3-10,16H,1-2H3;3H2,1-2H3. The van der Waals surface area contributed by atoms with E-state index in [-0.39, 0.29) is 10.8 Å². The Hall–Kier alpha value is -3.52. The van der Waals surface area contributed by atoms with Crippen LogP contribution < -0.4 is 10.6 Å². The van der Waals surface area contributed by atoms with Crippen LogP contribution in [0.2, 0.25) is 0 Å². The molecule has 0 atom stereocenters. The lowest BCUT2D eigenvalue weighted by atomic mass is 9.74. The van der Waals surface area contributed by atoms with Gasteiger partial charge in [-0.15, -0.1) is 0 Å². The second-order valence-electron chi connectivity index (χ2n) is 10.4. The zero-order valence-corrected chi connectivity index (χ0v) is 21.9. The molecule has 0 aromatic heterocycles. The summed E-state index contributed by atoms with van der Waals surface area (Å²) in [6.07, 6.45) is 1.25. The number of hydrogen-bond donors (Lipinski definition) is 2. The first-order chi connectivity index (χ1) is 16.8. The molecule has 35 heavy (non-hydrogen) atoms. The number of anilines is 4. The second kappa shape index (κ2) is 10.00. The first-order valence-electron chi connectivity index (χ1n) is 12.7. The van der Waals surface area contributed by atoms with Gasteiger partial charge in [-0.25, -0.2) is 0 Å². The maximum Gasteiger partial charge on any atom is 0.0425 e. The Morgan fingerprint density at radius 3 is 0.857 bits per heavy atom. The minimum atomic E-state index is 0.0818. The third-order valence-corrected chi connectivity index (χ3v) is 6.94. The largest absolute Gasteiger partial charge is 0.355 e. The van der Waals surface area contributed by atoms with Gasteiger partial charge in [0.25, 0.3) is 0 Å². The highest BCUT2D eigenvalue weighted by atomic mass is 14.9. The number of benzene rings is 4. The molecule has 0 amide bonds. The number of rotatable bonds is 0. The monoisotopic (exact) mass is 462 g/mol. The number of hydrogen-bond acceptors (Lipinski definition) is 2. The van der Waals surface area contributed by atoms with Gasteiger partial charge < -0.3 is 10.6 Å². The van der Waals surface area contributed by atoms with Crippen molar-refractivity contribution in [1.82, 2.24) is 0 Å². The molecule has 0 radical (unpaired) electrons. The van der Waals surface area contributed by atoms with Crippen LogP contribution in [-0.2, 0) is 10.8 Å². The van der Waals surface area contributed by atoms with Crippen LogP contribution in [0.25, 0.3) is 0 Å². The van der Waals surface area contributed by atoms with Crippen LogP contribution in [0.15, 0.2) is 97.1 Å². The van der Waals surface area contributed by atoms with Crippen LogP contribution in [0, 0.1) is 0 Å². The molecule has 2 N–H and O–H groups in total. The molecule has 0 saturated carbocycles. The number of fused-ring (bicyclic) bond motifs is 4. The molecule has 4 aromatic carbocycles. The maximum atomic E-state index is 3.50. The summed E-state index contributed by atoms with van der Waals surface area (Å²) in [5, 5.41) is 6.99. The quantitative estimate of drug-likeness (QED) is 0.272. The first-order valence-corrected chi connectivity index (χ1v) is 12.7. The fourth-order valence-electron chi connectivity index (χ4n) is 5.13. The van der Waals surface area contributed by atoms with Crippen LogP contribution in [0.4, 0.5) is 22.7 Å². The molecule has 6 rings (SSSR count). The molecule has 0 bridgehead atoms. The molecule has 2 nitrogen and oxygen atoms in total. The molecule has 0 saturated heterocycles. The van der Waals surface area contributed by atoms with Gasteiger partial charge in [-0.1, -0.05) is 121 Å². The molecule has 2 heterocycles. The van der Waals surface area contributed by atoms with Crippen molar-refractivity contribution in [2.24, 2.45) is 0 Å². The van der Waals surface area contributed by atoms with Gasteiger partial charge in [0.1, 0.15) is 0 Å². The van der Waals surface area contributed by atoms with Crippen molar-refractivity contribution in [3.8, 4) is 0 Å². The van der Waals surface area contributed by atoms with Crippen molar-refractivity contribution in [1.29, 1.82) is 0 Å². The zero-order valence-electron chi connectivity index (χ0n) is 21.9. The molecule has 2 heteroatoms. The predicted molar refractivity (Wildman–Crippen MR) is 153 cm³/mol. The number of para-hydroxylation sites is 4. The molecule has 0 aliphatic carbocycles. The molecular weight excluding hydrogens is 424 g/mol. The van der Waals surface area contributed by atoms with Crippen molar-refractivity contribution in [2.45, 2.75) is 58.8 Å². The van der Waals surface area contributed by atoms with E-state index in [0.717, 1.165) is 0 Å². The summed E-state index contributed by atoms with van der Waals surface area (Å²) in [7, 11) is 0. The highest BCUT2D eigenvalue weighted by Crippen LogP contribution is 2.45. The molecule has 180 valence electrons. The summed E-state index contributed by atoms with van der Waals surface area (Å²) in [6, 6.07) is 34.2. The molecule has 0 spiro atoms. The Kier molecular flexibility index (Phi) is 7.03. The zero-order chi connectivity index (χ0) is 25.1. The summed E-state index contributed by atoms with van der Waals surface area (Å²) >= 11 is 0. The predicted octanol–water partition coefficient (Wildman–Crippen LogP) is 9.56. The maximum absolute atomic E-state index is 3.50. The SMILES string of the molecule is CC1(C)c2ccccc2Nc2ccccc21.CC1(C)c2ccccc2Nc2ccccc21.CCC. The van der Waals surface area contributed by atoms with Gasteiger partial charge in [0.15, 0.2) is 0 Å². The number of nitrogens with one attached hydrogen (secondary N) is 2. The average molecular weight is 463 g/mol.